The number of nitrogens with one attached hydrogen (secondary N) is 1. The number of amides is 1. The number of benzene rings is 2. The normalized spacial score (nSPS) is 15.8. The molecule has 9 heteroatoms. The van der Waals surface area contributed by atoms with E-state index in [1.165, 1.54) is 16.4 Å². The minimum absolute atomic E-state index is 0.0182. The van der Waals surface area contributed by atoms with Gasteiger partial charge in [0.15, 0.2) is 5.82 Å². The van der Waals surface area contributed by atoms with Gasteiger partial charge in [0.05, 0.1) is 16.2 Å². The number of pyridine rings is 1. The van der Waals surface area contributed by atoms with E-state index in [4.69, 9.17) is 11.6 Å². The van der Waals surface area contributed by atoms with Gasteiger partial charge in [-0.05, 0) is 49.6 Å². The number of aryl methyl sites for hydroxylation is 1. The first-order valence-electron chi connectivity index (χ1n) is 9.88. The molecule has 0 spiro atoms. The number of hydrogen-bond acceptors (Lipinski definition) is 4. The SMILES string of the molecule is Cc1cnc2c(S(=O)(=O)N3CCC(C(=O)Nc4cccc(Cl)c4F)CC3)cccc2c1. The third-order valence-electron chi connectivity index (χ3n) is 5.46. The molecule has 6 nitrogen and oxygen atoms in total. The maximum absolute atomic E-state index is 14.0. The highest BCUT2D eigenvalue weighted by Crippen LogP contribution is 2.29. The molecular weight excluding hydrogens is 441 g/mol. The first-order valence-corrected chi connectivity index (χ1v) is 11.7. The van der Waals surface area contributed by atoms with Crippen LogP contribution in [0.15, 0.2) is 53.6 Å². The molecule has 0 radical (unpaired) electrons. The number of rotatable bonds is 4. The van der Waals surface area contributed by atoms with Crippen LogP contribution in [0.5, 0.6) is 0 Å². The van der Waals surface area contributed by atoms with Crippen LogP contribution in [0.4, 0.5) is 10.1 Å². The summed E-state index contributed by atoms with van der Waals surface area (Å²) in [7, 11) is -3.76. The van der Waals surface area contributed by atoms with Crippen molar-refractivity contribution in [2.45, 2.75) is 24.7 Å². The lowest BCUT2D eigenvalue weighted by atomic mass is 9.97. The van der Waals surface area contributed by atoms with Crippen LogP contribution >= 0.6 is 11.6 Å². The quantitative estimate of drug-likeness (QED) is 0.625. The molecule has 1 amide bonds. The number of piperidine rings is 1. The molecule has 1 aliphatic heterocycles. The fourth-order valence-corrected chi connectivity index (χ4v) is 5.59. The molecule has 4 rings (SSSR count). The summed E-state index contributed by atoms with van der Waals surface area (Å²) in [5.74, 6) is -1.45. The Bertz CT molecular complexity index is 1260. The lowest BCUT2D eigenvalue weighted by Gasteiger charge is -2.30. The third kappa shape index (κ3) is 4.28. The van der Waals surface area contributed by atoms with Crippen LogP contribution < -0.4 is 5.32 Å². The van der Waals surface area contributed by atoms with E-state index in [1.54, 1.807) is 24.4 Å². The zero-order valence-corrected chi connectivity index (χ0v) is 18.4. The molecule has 1 aromatic heterocycles. The van der Waals surface area contributed by atoms with Gasteiger partial charge < -0.3 is 5.32 Å². The highest BCUT2D eigenvalue weighted by Gasteiger charge is 2.33. The van der Waals surface area contributed by atoms with Gasteiger partial charge >= 0.3 is 0 Å². The van der Waals surface area contributed by atoms with Crippen LogP contribution in [0.2, 0.25) is 5.02 Å². The topological polar surface area (TPSA) is 79.4 Å². The number of anilines is 1. The molecule has 1 saturated heterocycles. The lowest BCUT2D eigenvalue weighted by molar-refractivity contribution is -0.120. The number of fused-ring (bicyclic) bond motifs is 1. The Morgan fingerprint density at radius 1 is 1.19 bits per heavy atom. The molecule has 0 unspecified atom stereocenters. The number of nitrogens with zero attached hydrogens (tertiary/aromatic N) is 2. The third-order valence-corrected chi connectivity index (χ3v) is 7.68. The van der Waals surface area contributed by atoms with Gasteiger partial charge in [0, 0.05) is 30.6 Å². The summed E-state index contributed by atoms with van der Waals surface area (Å²) in [4.78, 5) is 17.1. The van der Waals surface area contributed by atoms with Crippen molar-refractivity contribution in [2.24, 2.45) is 5.92 Å². The fraction of sp³-hybridized carbons (Fsp3) is 0.273. The number of carbonyl (C=O) groups is 1. The van der Waals surface area contributed by atoms with Gasteiger partial charge in [0.2, 0.25) is 15.9 Å². The van der Waals surface area contributed by atoms with Crippen molar-refractivity contribution in [2.75, 3.05) is 18.4 Å². The molecule has 0 aliphatic carbocycles. The number of aromatic nitrogens is 1. The van der Waals surface area contributed by atoms with E-state index in [9.17, 15) is 17.6 Å². The van der Waals surface area contributed by atoms with Crippen LogP contribution in [0.1, 0.15) is 18.4 Å². The van der Waals surface area contributed by atoms with Crippen LogP contribution in [0.3, 0.4) is 0 Å². The maximum Gasteiger partial charge on any atom is 0.245 e. The molecular formula is C22H21ClFN3O3S. The maximum atomic E-state index is 14.0. The van der Waals surface area contributed by atoms with Crippen LogP contribution in [0, 0.1) is 18.7 Å². The van der Waals surface area contributed by atoms with E-state index in [0.29, 0.717) is 18.4 Å². The van der Waals surface area contributed by atoms with Gasteiger partial charge in [-0.3, -0.25) is 9.78 Å². The van der Waals surface area contributed by atoms with Crippen LogP contribution in [-0.2, 0) is 14.8 Å². The van der Waals surface area contributed by atoms with Gasteiger partial charge in [-0.25, -0.2) is 12.8 Å². The standard InChI is InChI=1S/C22H21ClFN3O3S/c1-14-12-16-4-2-7-19(21(16)25-13-14)31(29,30)27-10-8-15(9-11-27)22(28)26-18-6-3-5-17(23)20(18)24/h2-7,12-13,15H,8-11H2,1H3,(H,26,28). The monoisotopic (exact) mass is 461 g/mol. The number of halogens is 2. The highest BCUT2D eigenvalue weighted by molar-refractivity contribution is 7.89. The second-order valence-electron chi connectivity index (χ2n) is 7.61. The van der Waals surface area contributed by atoms with E-state index >= 15 is 0 Å². The van der Waals surface area contributed by atoms with Crippen LogP contribution in [0.25, 0.3) is 10.9 Å². The largest absolute Gasteiger partial charge is 0.323 e. The Labute approximate surface area is 185 Å². The summed E-state index contributed by atoms with van der Waals surface area (Å²) in [6.07, 6.45) is 2.32. The average molecular weight is 462 g/mol. The van der Waals surface area contributed by atoms with E-state index in [0.717, 1.165) is 10.9 Å². The summed E-state index contributed by atoms with van der Waals surface area (Å²) < 4.78 is 41.9. The van der Waals surface area contributed by atoms with E-state index in [1.807, 2.05) is 19.1 Å². The second-order valence-corrected chi connectivity index (χ2v) is 9.92. The van der Waals surface area contributed by atoms with Crippen molar-refractivity contribution in [3.05, 3.63) is 65.1 Å². The van der Waals surface area contributed by atoms with Crippen molar-refractivity contribution in [3.8, 4) is 0 Å². The molecule has 1 aliphatic rings. The average Bonchev–Trinajstić information content (AvgIpc) is 2.76. The fourth-order valence-electron chi connectivity index (χ4n) is 3.78. The zero-order valence-electron chi connectivity index (χ0n) is 16.8. The van der Waals surface area contributed by atoms with Crippen LogP contribution in [-0.4, -0.2) is 36.7 Å². The van der Waals surface area contributed by atoms with Gasteiger partial charge in [0.25, 0.3) is 0 Å². The van der Waals surface area contributed by atoms with Crippen molar-refractivity contribution in [1.82, 2.24) is 9.29 Å². The molecule has 1 fully saturated rings. The summed E-state index contributed by atoms with van der Waals surface area (Å²) >= 11 is 5.76. The number of para-hydroxylation sites is 1. The smallest absolute Gasteiger partial charge is 0.245 e. The predicted octanol–water partition coefficient (Wildman–Crippen LogP) is 4.38. The Morgan fingerprint density at radius 2 is 1.90 bits per heavy atom. The van der Waals surface area contributed by atoms with Gasteiger partial charge in [-0.15, -0.1) is 0 Å². The molecule has 2 aromatic carbocycles. The van der Waals surface area contributed by atoms with Gasteiger partial charge in [0.1, 0.15) is 4.90 Å². The molecule has 0 atom stereocenters. The van der Waals surface area contributed by atoms with E-state index < -0.39 is 21.8 Å². The minimum Gasteiger partial charge on any atom is -0.323 e. The van der Waals surface area contributed by atoms with Crippen molar-refractivity contribution >= 4 is 44.1 Å². The van der Waals surface area contributed by atoms with E-state index in [-0.39, 0.29) is 34.6 Å². The molecule has 0 saturated carbocycles. The zero-order chi connectivity index (χ0) is 22.2. The summed E-state index contributed by atoms with van der Waals surface area (Å²) in [6.45, 7) is 2.29. The number of hydrogen-bond donors (Lipinski definition) is 1. The highest BCUT2D eigenvalue weighted by atomic mass is 35.5. The van der Waals surface area contributed by atoms with Crippen molar-refractivity contribution in [3.63, 3.8) is 0 Å². The summed E-state index contributed by atoms with van der Waals surface area (Å²) in [5, 5.41) is 3.25. The van der Waals surface area contributed by atoms with Gasteiger partial charge in [-0.2, -0.15) is 4.31 Å². The molecule has 3 aromatic rings. The molecule has 1 N–H and O–H groups in total. The Morgan fingerprint density at radius 3 is 2.65 bits per heavy atom. The van der Waals surface area contributed by atoms with Crippen molar-refractivity contribution in [1.29, 1.82) is 0 Å². The van der Waals surface area contributed by atoms with Gasteiger partial charge in [-0.1, -0.05) is 29.8 Å². The summed E-state index contributed by atoms with van der Waals surface area (Å²) in [6, 6.07) is 11.4. The summed E-state index contributed by atoms with van der Waals surface area (Å²) in [5.41, 5.74) is 1.40. The lowest BCUT2D eigenvalue weighted by Crippen LogP contribution is -2.41. The second kappa shape index (κ2) is 8.53. The predicted molar refractivity (Wildman–Crippen MR) is 118 cm³/mol. The Kier molecular flexibility index (Phi) is 5.96. The molecule has 31 heavy (non-hydrogen) atoms. The number of carbonyl (C=O) groups excluding carboxylic acids is 1. The van der Waals surface area contributed by atoms with E-state index in [2.05, 4.69) is 10.3 Å². The number of sulfonamides is 1. The molecule has 2 heterocycles. The Balaban J connectivity index is 1.48. The Hall–Kier alpha value is -2.55. The minimum atomic E-state index is -3.76. The van der Waals surface area contributed by atoms with Crippen molar-refractivity contribution < 1.29 is 17.6 Å². The first kappa shape index (κ1) is 21.7. The molecule has 0 bridgehead atoms. The first-order chi connectivity index (χ1) is 14.8. The molecule has 162 valence electrons.